The van der Waals surface area contributed by atoms with Crippen molar-refractivity contribution in [2.45, 2.75) is 26.7 Å². The van der Waals surface area contributed by atoms with Gasteiger partial charge < -0.3 is 4.90 Å². The standard InChI is InChI=1S/C13H19BrN2O/c1-3-4-6-16(7-5-14)13(17)12-8-11(2)9-15-10-12/h8-10H,3-7H2,1-2H3. The zero-order chi connectivity index (χ0) is 12.7. The molecule has 4 heteroatoms. The summed E-state index contributed by atoms with van der Waals surface area (Å²) in [7, 11) is 0. The first-order valence-electron chi connectivity index (χ1n) is 5.96. The van der Waals surface area contributed by atoms with Gasteiger partial charge in [-0.05, 0) is 25.0 Å². The van der Waals surface area contributed by atoms with Crippen molar-refractivity contribution in [3.63, 3.8) is 0 Å². The Morgan fingerprint density at radius 2 is 2.18 bits per heavy atom. The van der Waals surface area contributed by atoms with Crippen LogP contribution in [0.15, 0.2) is 18.5 Å². The smallest absolute Gasteiger partial charge is 0.255 e. The second-order valence-corrected chi connectivity index (χ2v) is 4.88. The fourth-order valence-corrected chi connectivity index (χ4v) is 2.05. The van der Waals surface area contributed by atoms with Gasteiger partial charge in [0, 0.05) is 30.8 Å². The second-order valence-electron chi connectivity index (χ2n) is 4.09. The van der Waals surface area contributed by atoms with Crippen molar-refractivity contribution in [3.05, 3.63) is 29.6 Å². The Morgan fingerprint density at radius 1 is 1.41 bits per heavy atom. The number of halogens is 1. The molecule has 0 radical (unpaired) electrons. The van der Waals surface area contributed by atoms with Crippen LogP contribution in [-0.4, -0.2) is 34.2 Å². The van der Waals surface area contributed by atoms with E-state index >= 15 is 0 Å². The summed E-state index contributed by atoms with van der Waals surface area (Å²) in [5, 5.41) is 0.807. The van der Waals surface area contributed by atoms with Gasteiger partial charge in [0.2, 0.25) is 0 Å². The van der Waals surface area contributed by atoms with Gasteiger partial charge in [0.25, 0.3) is 5.91 Å². The monoisotopic (exact) mass is 298 g/mol. The van der Waals surface area contributed by atoms with Crippen LogP contribution in [0.1, 0.15) is 35.7 Å². The van der Waals surface area contributed by atoms with Gasteiger partial charge in [0.15, 0.2) is 0 Å². The predicted octanol–water partition coefficient (Wildman–Crippen LogP) is 3.03. The number of aryl methyl sites for hydroxylation is 1. The summed E-state index contributed by atoms with van der Waals surface area (Å²) in [6, 6.07) is 1.89. The number of hydrogen-bond acceptors (Lipinski definition) is 2. The van der Waals surface area contributed by atoms with Crippen molar-refractivity contribution in [2.75, 3.05) is 18.4 Å². The fourth-order valence-electron chi connectivity index (χ4n) is 1.62. The minimum absolute atomic E-state index is 0.0779. The lowest BCUT2D eigenvalue weighted by Gasteiger charge is -2.21. The Bertz CT molecular complexity index is 368. The maximum Gasteiger partial charge on any atom is 0.255 e. The lowest BCUT2D eigenvalue weighted by Crippen LogP contribution is -2.33. The molecular formula is C13H19BrN2O. The Kier molecular flexibility index (Phi) is 6.19. The van der Waals surface area contributed by atoms with E-state index < -0.39 is 0 Å². The third-order valence-corrected chi connectivity index (χ3v) is 2.90. The van der Waals surface area contributed by atoms with Crippen LogP contribution < -0.4 is 0 Å². The number of aromatic nitrogens is 1. The van der Waals surface area contributed by atoms with E-state index in [9.17, 15) is 4.79 Å². The highest BCUT2D eigenvalue weighted by molar-refractivity contribution is 9.09. The van der Waals surface area contributed by atoms with E-state index in [0.717, 1.165) is 36.8 Å². The van der Waals surface area contributed by atoms with Crippen molar-refractivity contribution >= 4 is 21.8 Å². The molecule has 17 heavy (non-hydrogen) atoms. The van der Waals surface area contributed by atoms with Gasteiger partial charge in [-0.25, -0.2) is 0 Å². The van der Waals surface area contributed by atoms with Gasteiger partial charge in [-0.3, -0.25) is 9.78 Å². The van der Waals surface area contributed by atoms with E-state index in [1.54, 1.807) is 12.4 Å². The van der Waals surface area contributed by atoms with Crippen LogP contribution in [0.3, 0.4) is 0 Å². The third kappa shape index (κ3) is 4.46. The molecule has 94 valence electrons. The second kappa shape index (κ2) is 7.43. The SMILES string of the molecule is CCCCN(CCBr)C(=O)c1cncc(C)c1. The predicted molar refractivity (Wildman–Crippen MR) is 73.6 cm³/mol. The number of alkyl halides is 1. The molecule has 0 unspecified atom stereocenters. The van der Waals surface area contributed by atoms with Crippen LogP contribution in [0, 0.1) is 6.92 Å². The molecule has 0 saturated carbocycles. The topological polar surface area (TPSA) is 33.2 Å². The van der Waals surface area contributed by atoms with Crippen molar-refractivity contribution in [1.82, 2.24) is 9.88 Å². The van der Waals surface area contributed by atoms with Crippen LogP contribution in [0.25, 0.3) is 0 Å². The van der Waals surface area contributed by atoms with E-state index in [2.05, 4.69) is 27.8 Å². The van der Waals surface area contributed by atoms with Crippen LogP contribution in [0.5, 0.6) is 0 Å². The molecule has 0 saturated heterocycles. The van der Waals surface area contributed by atoms with Crippen LogP contribution in [0.4, 0.5) is 0 Å². The number of nitrogens with zero attached hydrogens (tertiary/aromatic N) is 2. The summed E-state index contributed by atoms with van der Waals surface area (Å²) in [6.45, 7) is 5.64. The van der Waals surface area contributed by atoms with E-state index in [1.165, 1.54) is 0 Å². The summed E-state index contributed by atoms with van der Waals surface area (Å²) in [4.78, 5) is 18.2. The van der Waals surface area contributed by atoms with Gasteiger partial charge in [-0.1, -0.05) is 29.3 Å². The van der Waals surface area contributed by atoms with Crippen molar-refractivity contribution in [3.8, 4) is 0 Å². The molecule has 0 aliphatic rings. The van der Waals surface area contributed by atoms with Crippen molar-refractivity contribution < 1.29 is 4.79 Å². The Morgan fingerprint density at radius 3 is 2.76 bits per heavy atom. The van der Waals surface area contributed by atoms with Gasteiger partial charge >= 0.3 is 0 Å². The average Bonchev–Trinajstić information content (AvgIpc) is 2.33. The summed E-state index contributed by atoms with van der Waals surface area (Å²) in [5.41, 5.74) is 1.70. The molecule has 1 aromatic rings. The lowest BCUT2D eigenvalue weighted by atomic mass is 10.2. The third-order valence-electron chi connectivity index (χ3n) is 2.55. The number of amides is 1. The lowest BCUT2D eigenvalue weighted by molar-refractivity contribution is 0.0764. The molecular weight excluding hydrogens is 280 g/mol. The molecule has 0 fully saturated rings. The zero-order valence-corrected chi connectivity index (χ0v) is 12.0. The molecule has 1 aromatic heterocycles. The summed E-state index contributed by atoms with van der Waals surface area (Å²) in [6.07, 6.45) is 5.54. The van der Waals surface area contributed by atoms with Crippen molar-refractivity contribution in [2.24, 2.45) is 0 Å². The summed E-state index contributed by atoms with van der Waals surface area (Å²) >= 11 is 3.39. The van der Waals surface area contributed by atoms with Crippen molar-refractivity contribution in [1.29, 1.82) is 0 Å². The van der Waals surface area contributed by atoms with Gasteiger partial charge in [0.05, 0.1) is 5.56 Å². The minimum Gasteiger partial charge on any atom is -0.338 e. The van der Waals surface area contributed by atoms with Crippen LogP contribution in [-0.2, 0) is 0 Å². The molecule has 0 spiro atoms. The highest BCUT2D eigenvalue weighted by Gasteiger charge is 2.14. The van der Waals surface area contributed by atoms with Gasteiger partial charge in [-0.15, -0.1) is 0 Å². The number of carbonyl (C=O) groups is 1. The Hall–Kier alpha value is -0.900. The summed E-state index contributed by atoms with van der Waals surface area (Å²) in [5.74, 6) is 0.0779. The first-order valence-corrected chi connectivity index (χ1v) is 7.08. The van der Waals surface area contributed by atoms with Crippen LogP contribution in [0.2, 0.25) is 0 Å². The molecule has 3 nitrogen and oxygen atoms in total. The minimum atomic E-state index is 0.0779. The van der Waals surface area contributed by atoms with Gasteiger partial charge in [-0.2, -0.15) is 0 Å². The highest BCUT2D eigenvalue weighted by atomic mass is 79.9. The molecule has 0 aromatic carbocycles. The summed E-state index contributed by atoms with van der Waals surface area (Å²) < 4.78 is 0. The Labute approximate surface area is 111 Å². The molecule has 0 aliphatic carbocycles. The molecule has 1 amide bonds. The highest BCUT2D eigenvalue weighted by Crippen LogP contribution is 2.07. The fraction of sp³-hybridized carbons (Fsp3) is 0.538. The number of unbranched alkanes of at least 4 members (excludes halogenated alkanes) is 1. The molecule has 0 N–H and O–H groups in total. The number of pyridine rings is 1. The van der Waals surface area contributed by atoms with Gasteiger partial charge in [0.1, 0.15) is 0 Å². The van der Waals surface area contributed by atoms with E-state index in [4.69, 9.17) is 0 Å². The van der Waals surface area contributed by atoms with Crippen LogP contribution >= 0.6 is 15.9 Å². The number of carbonyl (C=O) groups excluding carboxylic acids is 1. The molecule has 0 atom stereocenters. The average molecular weight is 299 g/mol. The maximum absolute atomic E-state index is 12.3. The van der Waals surface area contributed by atoms with E-state index in [0.29, 0.717) is 5.56 Å². The zero-order valence-electron chi connectivity index (χ0n) is 10.4. The molecule has 1 rings (SSSR count). The largest absolute Gasteiger partial charge is 0.338 e. The first-order chi connectivity index (χ1) is 8.19. The first kappa shape index (κ1) is 14.2. The number of rotatable bonds is 6. The van der Waals surface area contributed by atoms with E-state index in [-0.39, 0.29) is 5.91 Å². The molecule has 1 heterocycles. The quantitative estimate of drug-likeness (QED) is 0.757. The number of hydrogen-bond donors (Lipinski definition) is 0. The molecule has 0 bridgehead atoms. The van der Waals surface area contributed by atoms with E-state index in [1.807, 2.05) is 17.9 Å². The molecule has 0 aliphatic heterocycles. The maximum atomic E-state index is 12.3. The normalized spacial score (nSPS) is 10.3. The Balaban J connectivity index is 2.76.